The fourth-order valence-corrected chi connectivity index (χ4v) is 3.69. The van der Waals surface area contributed by atoms with Gasteiger partial charge in [0, 0.05) is 6.42 Å². The van der Waals surface area contributed by atoms with E-state index in [-0.39, 0.29) is 16.9 Å². The van der Waals surface area contributed by atoms with E-state index in [9.17, 15) is 27.9 Å². The van der Waals surface area contributed by atoms with Gasteiger partial charge in [0.2, 0.25) is 15.9 Å². The van der Waals surface area contributed by atoms with E-state index in [4.69, 9.17) is 0 Å². The number of aliphatic carboxylic acids is 1. The topological polar surface area (TPSA) is 139 Å². The first-order valence-corrected chi connectivity index (χ1v) is 9.96. The molecule has 3 N–H and O–H groups in total. The normalized spacial score (nSPS) is 12.0. The quantitative estimate of drug-likeness (QED) is 0.504. The van der Waals surface area contributed by atoms with Crippen LogP contribution in [0.5, 0.6) is 0 Å². The van der Waals surface area contributed by atoms with Crippen molar-refractivity contribution in [1.29, 1.82) is 0 Å². The van der Waals surface area contributed by atoms with Crippen LogP contribution in [0.15, 0.2) is 59.5 Å². The van der Waals surface area contributed by atoms with Gasteiger partial charge in [0.05, 0.1) is 24.1 Å². The third kappa shape index (κ3) is 6.13. The summed E-state index contributed by atoms with van der Waals surface area (Å²) in [5, 5.41) is 11.6. The molecule has 0 saturated carbocycles. The number of sulfonamides is 1. The summed E-state index contributed by atoms with van der Waals surface area (Å²) < 4.78 is 31.6. The van der Waals surface area contributed by atoms with E-state index in [0.29, 0.717) is 5.56 Å². The van der Waals surface area contributed by atoms with Crippen LogP contribution in [-0.4, -0.2) is 51.1 Å². The molecule has 2 aromatic carbocycles. The predicted molar refractivity (Wildman–Crippen MR) is 103 cm³/mol. The Bertz CT molecular complexity index is 991. The molecule has 0 radical (unpaired) electrons. The van der Waals surface area contributed by atoms with Crippen LogP contribution in [0, 0.1) is 0 Å². The fraction of sp³-hybridized carbons (Fsp3) is 0.211. The van der Waals surface area contributed by atoms with Crippen LogP contribution < -0.4 is 10.0 Å². The van der Waals surface area contributed by atoms with Crippen LogP contribution in [0.4, 0.5) is 0 Å². The van der Waals surface area contributed by atoms with E-state index in [1.165, 1.54) is 24.3 Å². The van der Waals surface area contributed by atoms with Gasteiger partial charge < -0.3 is 15.2 Å². The van der Waals surface area contributed by atoms with Crippen LogP contribution in [-0.2, 0) is 30.8 Å². The molecule has 9 nitrogen and oxygen atoms in total. The van der Waals surface area contributed by atoms with E-state index in [2.05, 4.69) is 14.8 Å². The number of hydrogen-bond donors (Lipinski definition) is 3. The summed E-state index contributed by atoms with van der Waals surface area (Å²) in [4.78, 5) is 34.9. The Morgan fingerprint density at radius 3 is 2.28 bits per heavy atom. The highest BCUT2D eigenvalue weighted by molar-refractivity contribution is 7.89. The molecule has 154 valence electrons. The molecule has 1 unspecified atom stereocenters. The Kier molecular flexibility index (Phi) is 7.46. The maximum absolute atomic E-state index is 12.5. The van der Waals surface area contributed by atoms with Crippen molar-refractivity contribution in [3.63, 3.8) is 0 Å². The number of ether oxygens (including phenoxy) is 1. The first-order valence-electron chi connectivity index (χ1n) is 8.47. The molecule has 29 heavy (non-hydrogen) atoms. The Morgan fingerprint density at radius 1 is 1.03 bits per heavy atom. The number of carboxylic acids is 1. The van der Waals surface area contributed by atoms with Crippen molar-refractivity contribution in [1.82, 2.24) is 10.0 Å². The molecule has 2 rings (SSSR count). The Morgan fingerprint density at radius 2 is 1.66 bits per heavy atom. The molecule has 10 heteroatoms. The number of amides is 1. The number of benzene rings is 2. The summed E-state index contributed by atoms with van der Waals surface area (Å²) in [5.74, 6) is -2.92. The second kappa shape index (κ2) is 9.80. The largest absolute Gasteiger partial charge is 0.480 e. The van der Waals surface area contributed by atoms with Gasteiger partial charge in [-0.05, 0) is 17.7 Å². The average molecular weight is 420 g/mol. The number of nitrogens with one attached hydrogen (secondary N) is 2. The van der Waals surface area contributed by atoms with Gasteiger partial charge in [-0.25, -0.2) is 22.7 Å². The number of methoxy groups -OCH3 is 1. The van der Waals surface area contributed by atoms with Crippen molar-refractivity contribution in [3.05, 3.63) is 65.7 Å². The smallest absolute Gasteiger partial charge is 0.339 e. The molecule has 0 aliphatic rings. The molecule has 1 amide bonds. The highest BCUT2D eigenvalue weighted by atomic mass is 32.2. The minimum atomic E-state index is -4.22. The van der Waals surface area contributed by atoms with Crippen molar-refractivity contribution < 1.29 is 32.6 Å². The minimum absolute atomic E-state index is 0.0415. The molecule has 1 atom stereocenters. The number of hydrogen-bond acceptors (Lipinski definition) is 6. The second-order valence-corrected chi connectivity index (χ2v) is 7.70. The number of carbonyl (C=O) groups excluding carboxylic acids is 2. The third-order valence-corrected chi connectivity index (χ3v) is 5.38. The van der Waals surface area contributed by atoms with Crippen molar-refractivity contribution >= 4 is 27.9 Å². The maximum Gasteiger partial charge on any atom is 0.339 e. The summed E-state index contributed by atoms with van der Waals surface area (Å²) in [6.45, 7) is -0.698. The SMILES string of the molecule is COC(=O)c1ccccc1S(=O)(=O)NCC(=O)NC(Cc1ccccc1)C(=O)O. The van der Waals surface area contributed by atoms with E-state index >= 15 is 0 Å². The Hall–Kier alpha value is -3.24. The van der Waals surface area contributed by atoms with Crippen molar-refractivity contribution in [2.24, 2.45) is 0 Å². The molecule has 0 bridgehead atoms. The standard InChI is InChI=1S/C19H20N2O7S/c1-28-19(25)14-9-5-6-10-16(14)29(26,27)20-12-17(22)21-15(18(23)24)11-13-7-3-2-4-8-13/h2-10,15,20H,11-12H2,1H3,(H,21,22)(H,23,24). The molecule has 0 saturated heterocycles. The lowest BCUT2D eigenvalue weighted by Crippen LogP contribution is -2.46. The lowest BCUT2D eigenvalue weighted by Gasteiger charge is -2.15. The molecule has 0 spiro atoms. The molecule has 0 heterocycles. The van der Waals surface area contributed by atoms with Crippen molar-refractivity contribution in [2.75, 3.05) is 13.7 Å². The Balaban J connectivity index is 2.05. The highest BCUT2D eigenvalue weighted by Crippen LogP contribution is 2.16. The average Bonchev–Trinajstić information content (AvgIpc) is 2.72. The van der Waals surface area contributed by atoms with Gasteiger partial charge in [-0.1, -0.05) is 42.5 Å². The molecule has 0 fully saturated rings. The molecule has 2 aromatic rings. The van der Waals surface area contributed by atoms with E-state index < -0.39 is 40.5 Å². The van der Waals surface area contributed by atoms with Gasteiger partial charge in [0.1, 0.15) is 6.04 Å². The van der Waals surface area contributed by atoms with Gasteiger partial charge in [0.25, 0.3) is 0 Å². The van der Waals surface area contributed by atoms with E-state index in [1.807, 2.05) is 0 Å². The van der Waals surface area contributed by atoms with Gasteiger partial charge >= 0.3 is 11.9 Å². The number of esters is 1. The number of rotatable bonds is 9. The predicted octanol–water partition coefficient (Wildman–Crippen LogP) is 0.564. The first-order chi connectivity index (χ1) is 13.7. The molecule has 0 aliphatic carbocycles. The number of carboxylic acid groups (broad SMARTS) is 1. The Labute approximate surface area is 167 Å². The van der Waals surface area contributed by atoms with Gasteiger partial charge in [-0.3, -0.25) is 4.79 Å². The fourth-order valence-electron chi connectivity index (χ4n) is 2.51. The van der Waals surface area contributed by atoms with Crippen LogP contribution in [0.25, 0.3) is 0 Å². The van der Waals surface area contributed by atoms with Crippen LogP contribution in [0.2, 0.25) is 0 Å². The summed E-state index contributed by atoms with van der Waals surface area (Å²) in [6.07, 6.45) is 0.0415. The zero-order valence-corrected chi connectivity index (χ0v) is 16.3. The number of carbonyl (C=O) groups is 3. The van der Waals surface area contributed by atoms with Gasteiger partial charge in [-0.15, -0.1) is 0 Å². The zero-order chi connectivity index (χ0) is 21.4. The van der Waals surface area contributed by atoms with Crippen LogP contribution >= 0.6 is 0 Å². The zero-order valence-electron chi connectivity index (χ0n) is 15.5. The van der Waals surface area contributed by atoms with Crippen LogP contribution in [0.1, 0.15) is 15.9 Å². The summed E-state index contributed by atoms with van der Waals surface area (Å²) in [6, 6.07) is 12.8. The third-order valence-electron chi connectivity index (χ3n) is 3.92. The molecular weight excluding hydrogens is 400 g/mol. The first kappa shape index (κ1) is 22.1. The maximum atomic E-state index is 12.5. The van der Waals surface area contributed by atoms with Gasteiger partial charge in [-0.2, -0.15) is 0 Å². The molecule has 0 aromatic heterocycles. The van der Waals surface area contributed by atoms with E-state index in [1.54, 1.807) is 30.3 Å². The molecule has 0 aliphatic heterocycles. The van der Waals surface area contributed by atoms with Crippen molar-refractivity contribution in [3.8, 4) is 0 Å². The van der Waals surface area contributed by atoms with Crippen LogP contribution in [0.3, 0.4) is 0 Å². The van der Waals surface area contributed by atoms with Gasteiger partial charge in [0.15, 0.2) is 0 Å². The highest BCUT2D eigenvalue weighted by Gasteiger charge is 2.25. The lowest BCUT2D eigenvalue weighted by molar-refractivity contribution is -0.141. The summed E-state index contributed by atoms with van der Waals surface area (Å²) in [5.41, 5.74) is 0.517. The second-order valence-electron chi connectivity index (χ2n) is 5.96. The summed E-state index contributed by atoms with van der Waals surface area (Å²) in [7, 11) is -3.10. The minimum Gasteiger partial charge on any atom is -0.480 e. The lowest BCUT2D eigenvalue weighted by atomic mass is 10.1. The van der Waals surface area contributed by atoms with E-state index in [0.717, 1.165) is 7.11 Å². The summed E-state index contributed by atoms with van der Waals surface area (Å²) >= 11 is 0. The van der Waals surface area contributed by atoms with Crippen molar-refractivity contribution in [2.45, 2.75) is 17.4 Å². The monoisotopic (exact) mass is 420 g/mol. The molecular formula is C19H20N2O7S.